The van der Waals surface area contributed by atoms with E-state index in [-0.39, 0.29) is 5.91 Å². The molecule has 0 radical (unpaired) electrons. The Hall–Kier alpha value is -1.46. The molecule has 138 valence electrons. The van der Waals surface area contributed by atoms with Crippen LogP contribution in [0.15, 0.2) is 24.5 Å². The second-order valence-corrected chi connectivity index (χ2v) is 7.76. The monoisotopic (exact) mass is 344 g/mol. The van der Waals surface area contributed by atoms with Crippen molar-refractivity contribution < 1.29 is 4.79 Å². The molecule has 3 rings (SSSR count). The van der Waals surface area contributed by atoms with Gasteiger partial charge in [-0.3, -0.25) is 14.7 Å². The molecule has 1 saturated carbocycles. The predicted molar refractivity (Wildman–Crippen MR) is 100 cm³/mol. The first-order valence-corrected chi connectivity index (χ1v) is 9.82. The Morgan fingerprint density at radius 2 is 1.88 bits per heavy atom. The average molecular weight is 345 g/mol. The molecule has 5 nitrogen and oxygen atoms in total. The lowest BCUT2D eigenvalue weighted by Gasteiger charge is -2.35. The van der Waals surface area contributed by atoms with Gasteiger partial charge in [-0.2, -0.15) is 0 Å². The molecule has 5 heteroatoms. The van der Waals surface area contributed by atoms with E-state index in [0.717, 1.165) is 57.9 Å². The fourth-order valence-electron chi connectivity index (χ4n) is 4.05. The van der Waals surface area contributed by atoms with Crippen LogP contribution in [0.25, 0.3) is 0 Å². The van der Waals surface area contributed by atoms with E-state index in [1.807, 2.05) is 12.4 Å². The molecular formula is C20H32N4O. The maximum atomic E-state index is 12.3. The van der Waals surface area contributed by atoms with Crippen molar-refractivity contribution in [1.29, 1.82) is 0 Å². The van der Waals surface area contributed by atoms with Crippen LogP contribution < -0.4 is 5.32 Å². The van der Waals surface area contributed by atoms with E-state index in [2.05, 4.69) is 39.2 Å². The van der Waals surface area contributed by atoms with Crippen molar-refractivity contribution in [2.75, 3.05) is 39.3 Å². The van der Waals surface area contributed by atoms with Gasteiger partial charge in [-0.25, -0.2) is 0 Å². The highest BCUT2D eigenvalue weighted by Crippen LogP contribution is 2.23. The summed E-state index contributed by atoms with van der Waals surface area (Å²) in [6.45, 7) is 8.03. The van der Waals surface area contributed by atoms with E-state index in [1.54, 1.807) is 0 Å². The zero-order chi connectivity index (χ0) is 17.5. The molecule has 1 aliphatic heterocycles. The second kappa shape index (κ2) is 9.30. The zero-order valence-corrected chi connectivity index (χ0v) is 15.5. The second-order valence-electron chi connectivity index (χ2n) is 7.76. The van der Waals surface area contributed by atoms with Crippen molar-refractivity contribution in [3.05, 3.63) is 30.1 Å². The highest BCUT2D eigenvalue weighted by Gasteiger charge is 2.23. The van der Waals surface area contributed by atoms with Gasteiger partial charge in [0.25, 0.3) is 0 Å². The number of amides is 1. The molecule has 2 aliphatic rings. The highest BCUT2D eigenvalue weighted by atomic mass is 16.2. The highest BCUT2D eigenvalue weighted by molar-refractivity contribution is 5.78. The van der Waals surface area contributed by atoms with Gasteiger partial charge in [-0.05, 0) is 42.9 Å². The summed E-state index contributed by atoms with van der Waals surface area (Å²) in [5, 5.41) is 3.25. The molecule has 1 aromatic heterocycles. The number of hydrogen-bond donors (Lipinski definition) is 1. The minimum absolute atomic E-state index is 0.212. The Morgan fingerprint density at radius 1 is 1.16 bits per heavy atom. The summed E-state index contributed by atoms with van der Waals surface area (Å²) in [4.78, 5) is 21.2. The molecule has 1 amide bonds. The van der Waals surface area contributed by atoms with E-state index in [1.165, 1.54) is 18.4 Å². The Kier molecular flexibility index (Phi) is 6.82. The van der Waals surface area contributed by atoms with E-state index in [9.17, 15) is 4.79 Å². The number of rotatable bonds is 6. The Balaban J connectivity index is 1.32. The first kappa shape index (κ1) is 18.3. The Labute approximate surface area is 151 Å². The zero-order valence-electron chi connectivity index (χ0n) is 15.5. The Morgan fingerprint density at radius 3 is 2.60 bits per heavy atom. The van der Waals surface area contributed by atoms with Crippen molar-refractivity contribution >= 4 is 5.91 Å². The smallest absolute Gasteiger partial charge is 0.234 e. The van der Waals surface area contributed by atoms with E-state index < -0.39 is 0 Å². The van der Waals surface area contributed by atoms with E-state index in [0.29, 0.717) is 12.6 Å². The molecule has 0 bridgehead atoms. The van der Waals surface area contributed by atoms with Crippen molar-refractivity contribution in [3.63, 3.8) is 0 Å². The van der Waals surface area contributed by atoms with Gasteiger partial charge in [0.1, 0.15) is 0 Å². The largest absolute Gasteiger partial charge is 0.352 e. The van der Waals surface area contributed by atoms with E-state index in [4.69, 9.17) is 0 Å². The first-order chi connectivity index (χ1) is 12.2. The lowest BCUT2D eigenvalue weighted by atomic mass is 9.87. The van der Waals surface area contributed by atoms with Gasteiger partial charge in [-0.15, -0.1) is 0 Å². The third-order valence-corrected chi connectivity index (χ3v) is 5.60. The lowest BCUT2D eigenvalue weighted by Crippen LogP contribution is -2.51. The summed E-state index contributed by atoms with van der Waals surface area (Å²) in [6.07, 6.45) is 9.66. The van der Waals surface area contributed by atoms with Crippen LogP contribution in [0.3, 0.4) is 0 Å². The number of aromatic nitrogens is 1. The molecule has 1 saturated heterocycles. The van der Waals surface area contributed by atoms with Crippen LogP contribution in [-0.2, 0) is 11.2 Å². The third-order valence-electron chi connectivity index (χ3n) is 5.60. The molecule has 1 aliphatic carbocycles. The number of carbonyl (C=O) groups excluding carboxylic acids is 1. The normalized spacial score (nSPS) is 25.6. The Bertz CT molecular complexity index is 528. The maximum absolute atomic E-state index is 12.3. The topological polar surface area (TPSA) is 48.5 Å². The summed E-state index contributed by atoms with van der Waals surface area (Å²) in [5.41, 5.74) is 1.35. The molecule has 2 fully saturated rings. The van der Waals surface area contributed by atoms with Crippen LogP contribution in [-0.4, -0.2) is 66.0 Å². The van der Waals surface area contributed by atoms with Gasteiger partial charge in [0.05, 0.1) is 6.54 Å². The van der Waals surface area contributed by atoms with Crippen LogP contribution in [0, 0.1) is 5.92 Å². The van der Waals surface area contributed by atoms with Gasteiger partial charge in [0.2, 0.25) is 5.91 Å². The predicted octanol–water partition coefficient (Wildman–Crippen LogP) is 1.94. The van der Waals surface area contributed by atoms with Crippen molar-refractivity contribution in [2.45, 2.75) is 45.1 Å². The summed E-state index contributed by atoms with van der Waals surface area (Å²) < 4.78 is 0. The van der Waals surface area contributed by atoms with Crippen LogP contribution in [0.5, 0.6) is 0 Å². The maximum Gasteiger partial charge on any atom is 0.234 e. The van der Waals surface area contributed by atoms with Crippen LogP contribution in [0.2, 0.25) is 0 Å². The van der Waals surface area contributed by atoms with Crippen molar-refractivity contribution in [2.24, 2.45) is 5.92 Å². The molecule has 2 atom stereocenters. The first-order valence-electron chi connectivity index (χ1n) is 9.82. The van der Waals surface area contributed by atoms with Gasteiger partial charge >= 0.3 is 0 Å². The molecule has 1 aromatic rings. The molecule has 25 heavy (non-hydrogen) atoms. The lowest BCUT2D eigenvalue weighted by molar-refractivity contribution is -0.123. The SMILES string of the molecule is CC1CCCC(NC(=O)CN2CCN(CCc3ccncc3)CC2)C1. The minimum atomic E-state index is 0.212. The standard InChI is InChI=1S/C20H32N4O/c1-17-3-2-4-19(15-17)22-20(25)16-24-13-11-23(12-14-24)10-7-18-5-8-21-9-6-18/h5-6,8-9,17,19H,2-4,7,10-16H2,1H3,(H,22,25). The molecule has 2 heterocycles. The van der Waals surface area contributed by atoms with Gasteiger partial charge < -0.3 is 10.2 Å². The molecule has 1 N–H and O–H groups in total. The van der Waals surface area contributed by atoms with Crippen LogP contribution in [0.1, 0.15) is 38.2 Å². The van der Waals surface area contributed by atoms with Crippen molar-refractivity contribution in [1.82, 2.24) is 20.1 Å². The fourth-order valence-corrected chi connectivity index (χ4v) is 4.05. The van der Waals surface area contributed by atoms with Crippen molar-refractivity contribution in [3.8, 4) is 0 Å². The number of nitrogens with one attached hydrogen (secondary N) is 1. The molecular weight excluding hydrogens is 312 g/mol. The van der Waals surface area contributed by atoms with Gasteiger partial charge in [-0.1, -0.05) is 19.8 Å². The molecule has 2 unspecified atom stereocenters. The van der Waals surface area contributed by atoms with Crippen LogP contribution in [0.4, 0.5) is 0 Å². The van der Waals surface area contributed by atoms with Crippen LogP contribution >= 0.6 is 0 Å². The quantitative estimate of drug-likeness (QED) is 0.857. The van der Waals surface area contributed by atoms with Gasteiger partial charge in [0, 0.05) is 51.2 Å². The fraction of sp³-hybridized carbons (Fsp3) is 0.700. The number of carbonyl (C=O) groups is 1. The molecule has 0 spiro atoms. The average Bonchev–Trinajstić information content (AvgIpc) is 2.62. The number of piperazine rings is 1. The van der Waals surface area contributed by atoms with E-state index >= 15 is 0 Å². The summed E-state index contributed by atoms with van der Waals surface area (Å²) in [5.74, 6) is 0.965. The third kappa shape index (κ3) is 6.08. The molecule has 0 aromatic carbocycles. The number of pyridine rings is 1. The number of hydrogen-bond acceptors (Lipinski definition) is 4. The summed E-state index contributed by atoms with van der Waals surface area (Å²) in [7, 11) is 0. The summed E-state index contributed by atoms with van der Waals surface area (Å²) >= 11 is 0. The summed E-state index contributed by atoms with van der Waals surface area (Å²) in [6, 6.07) is 4.58. The van der Waals surface area contributed by atoms with Gasteiger partial charge in [0.15, 0.2) is 0 Å². The number of nitrogens with zero attached hydrogens (tertiary/aromatic N) is 3. The minimum Gasteiger partial charge on any atom is -0.352 e.